The SMILES string of the molecule is Cc1cc(C#N)nc(OCc2ccc(Br)cc2)n1. The van der Waals surface area contributed by atoms with Gasteiger partial charge in [-0.1, -0.05) is 28.1 Å². The van der Waals surface area contributed by atoms with Gasteiger partial charge in [0.05, 0.1) is 0 Å². The Morgan fingerprint density at radius 2 is 2.00 bits per heavy atom. The van der Waals surface area contributed by atoms with Crippen molar-refractivity contribution in [3.05, 3.63) is 51.8 Å². The molecule has 0 aliphatic carbocycles. The molecule has 5 heteroatoms. The number of rotatable bonds is 3. The summed E-state index contributed by atoms with van der Waals surface area (Å²) in [6, 6.07) is 11.6. The van der Waals surface area contributed by atoms with E-state index in [1.54, 1.807) is 13.0 Å². The Hall–Kier alpha value is -1.93. The fourth-order valence-electron chi connectivity index (χ4n) is 1.39. The van der Waals surface area contributed by atoms with Crippen molar-refractivity contribution < 1.29 is 4.74 Å². The summed E-state index contributed by atoms with van der Waals surface area (Å²) in [7, 11) is 0. The molecular formula is C13H10BrN3O. The molecule has 1 aromatic carbocycles. The largest absolute Gasteiger partial charge is 0.459 e. The molecule has 0 aliphatic heterocycles. The number of ether oxygens (including phenoxy) is 1. The van der Waals surface area contributed by atoms with Gasteiger partial charge in [0.25, 0.3) is 0 Å². The van der Waals surface area contributed by atoms with Gasteiger partial charge in [-0.25, -0.2) is 4.98 Å². The Kier molecular flexibility index (Phi) is 3.90. The van der Waals surface area contributed by atoms with E-state index in [0.29, 0.717) is 18.0 Å². The minimum absolute atomic E-state index is 0.231. The molecule has 0 spiro atoms. The average molecular weight is 304 g/mol. The molecule has 2 aromatic rings. The normalized spacial score (nSPS) is 9.83. The number of nitrogens with zero attached hydrogens (tertiary/aromatic N) is 3. The molecular weight excluding hydrogens is 294 g/mol. The number of benzene rings is 1. The standard InChI is InChI=1S/C13H10BrN3O/c1-9-6-12(7-15)17-13(16-9)18-8-10-2-4-11(14)5-3-10/h2-6H,8H2,1H3. The Balaban J connectivity index is 2.08. The lowest BCUT2D eigenvalue weighted by Crippen LogP contribution is -2.01. The second kappa shape index (κ2) is 5.61. The minimum atomic E-state index is 0.231. The lowest BCUT2D eigenvalue weighted by Gasteiger charge is -2.05. The van der Waals surface area contributed by atoms with E-state index in [2.05, 4.69) is 25.9 Å². The van der Waals surface area contributed by atoms with E-state index in [1.807, 2.05) is 30.3 Å². The molecule has 2 rings (SSSR count). The zero-order valence-electron chi connectivity index (χ0n) is 9.72. The van der Waals surface area contributed by atoms with Gasteiger partial charge in [-0.15, -0.1) is 0 Å². The van der Waals surface area contributed by atoms with Gasteiger partial charge >= 0.3 is 6.01 Å². The molecule has 0 radical (unpaired) electrons. The third-order valence-corrected chi connectivity index (χ3v) is 2.76. The maximum atomic E-state index is 8.80. The summed E-state index contributed by atoms with van der Waals surface area (Å²) >= 11 is 3.37. The Morgan fingerprint density at radius 3 is 2.67 bits per heavy atom. The Labute approximate surface area is 113 Å². The topological polar surface area (TPSA) is 58.8 Å². The molecule has 0 amide bonds. The first-order valence-electron chi connectivity index (χ1n) is 5.30. The highest BCUT2D eigenvalue weighted by Gasteiger charge is 2.03. The van der Waals surface area contributed by atoms with Crippen LogP contribution in [0.5, 0.6) is 6.01 Å². The van der Waals surface area contributed by atoms with Crippen molar-refractivity contribution in [3.63, 3.8) is 0 Å². The Bertz CT molecular complexity index is 590. The minimum Gasteiger partial charge on any atom is -0.459 e. The molecule has 90 valence electrons. The predicted molar refractivity (Wildman–Crippen MR) is 70.0 cm³/mol. The monoisotopic (exact) mass is 303 g/mol. The summed E-state index contributed by atoms with van der Waals surface area (Å²) in [6.07, 6.45) is 0. The smallest absolute Gasteiger partial charge is 0.318 e. The maximum Gasteiger partial charge on any atom is 0.318 e. The fraction of sp³-hybridized carbons (Fsp3) is 0.154. The molecule has 4 nitrogen and oxygen atoms in total. The summed E-state index contributed by atoms with van der Waals surface area (Å²) in [6.45, 7) is 2.18. The zero-order valence-corrected chi connectivity index (χ0v) is 11.3. The van der Waals surface area contributed by atoms with Gasteiger partial charge in [-0.2, -0.15) is 10.2 Å². The molecule has 0 atom stereocenters. The van der Waals surface area contributed by atoms with Crippen molar-refractivity contribution in [2.24, 2.45) is 0 Å². The van der Waals surface area contributed by atoms with Crippen molar-refractivity contribution in [1.29, 1.82) is 5.26 Å². The molecule has 18 heavy (non-hydrogen) atoms. The van der Waals surface area contributed by atoms with Crippen LogP contribution >= 0.6 is 15.9 Å². The van der Waals surface area contributed by atoms with Crippen LogP contribution in [-0.2, 0) is 6.61 Å². The van der Waals surface area contributed by atoms with Gasteiger partial charge in [0.15, 0.2) is 0 Å². The van der Waals surface area contributed by atoms with Gasteiger partial charge in [-0.05, 0) is 30.7 Å². The highest BCUT2D eigenvalue weighted by Crippen LogP contribution is 2.13. The van der Waals surface area contributed by atoms with Crippen molar-refractivity contribution in [2.75, 3.05) is 0 Å². The van der Waals surface area contributed by atoms with Crippen LogP contribution in [0.2, 0.25) is 0 Å². The van der Waals surface area contributed by atoms with Crippen molar-refractivity contribution >= 4 is 15.9 Å². The number of aryl methyl sites for hydroxylation is 1. The first-order valence-corrected chi connectivity index (χ1v) is 6.10. The van der Waals surface area contributed by atoms with Crippen LogP contribution < -0.4 is 4.74 Å². The van der Waals surface area contributed by atoms with E-state index < -0.39 is 0 Å². The quantitative estimate of drug-likeness (QED) is 0.874. The first-order chi connectivity index (χ1) is 8.67. The molecule has 0 saturated heterocycles. The van der Waals surface area contributed by atoms with E-state index in [-0.39, 0.29) is 6.01 Å². The number of halogens is 1. The molecule has 0 aliphatic rings. The molecule has 0 N–H and O–H groups in total. The summed E-state index contributed by atoms with van der Waals surface area (Å²) < 4.78 is 6.48. The highest BCUT2D eigenvalue weighted by atomic mass is 79.9. The van der Waals surface area contributed by atoms with E-state index >= 15 is 0 Å². The van der Waals surface area contributed by atoms with Crippen LogP contribution in [0.25, 0.3) is 0 Å². The third kappa shape index (κ3) is 3.28. The lowest BCUT2D eigenvalue weighted by atomic mass is 10.2. The van der Waals surface area contributed by atoms with Crippen LogP contribution in [-0.4, -0.2) is 9.97 Å². The second-order valence-corrected chi connectivity index (χ2v) is 4.62. The fourth-order valence-corrected chi connectivity index (χ4v) is 1.66. The summed E-state index contributed by atoms with van der Waals surface area (Å²) in [5.41, 5.74) is 2.04. The molecule has 1 heterocycles. The van der Waals surface area contributed by atoms with Crippen molar-refractivity contribution in [3.8, 4) is 12.1 Å². The van der Waals surface area contributed by atoms with Gasteiger partial charge in [0.2, 0.25) is 0 Å². The highest BCUT2D eigenvalue weighted by molar-refractivity contribution is 9.10. The van der Waals surface area contributed by atoms with Crippen LogP contribution in [0, 0.1) is 18.3 Å². The van der Waals surface area contributed by atoms with Gasteiger partial charge in [0, 0.05) is 10.2 Å². The second-order valence-electron chi connectivity index (χ2n) is 3.70. The van der Waals surface area contributed by atoms with Crippen molar-refractivity contribution in [1.82, 2.24) is 9.97 Å². The first kappa shape index (κ1) is 12.5. The van der Waals surface area contributed by atoms with E-state index in [4.69, 9.17) is 10.00 Å². The van der Waals surface area contributed by atoms with Gasteiger partial charge in [0.1, 0.15) is 18.4 Å². The summed E-state index contributed by atoms with van der Waals surface area (Å²) in [5, 5.41) is 8.80. The summed E-state index contributed by atoms with van der Waals surface area (Å²) in [4.78, 5) is 8.10. The predicted octanol–water partition coefficient (Wildman–Crippen LogP) is 3.00. The van der Waals surface area contributed by atoms with Gasteiger partial charge < -0.3 is 4.74 Å². The lowest BCUT2D eigenvalue weighted by molar-refractivity contribution is 0.279. The average Bonchev–Trinajstić information content (AvgIpc) is 2.37. The summed E-state index contributed by atoms with van der Waals surface area (Å²) in [5.74, 6) is 0. The zero-order chi connectivity index (χ0) is 13.0. The van der Waals surface area contributed by atoms with Crippen LogP contribution in [0.4, 0.5) is 0 Å². The third-order valence-electron chi connectivity index (χ3n) is 2.23. The van der Waals surface area contributed by atoms with E-state index in [9.17, 15) is 0 Å². The van der Waals surface area contributed by atoms with E-state index in [0.717, 1.165) is 10.0 Å². The molecule has 0 fully saturated rings. The van der Waals surface area contributed by atoms with Gasteiger partial charge in [-0.3, -0.25) is 0 Å². The molecule has 0 bridgehead atoms. The number of hydrogen-bond donors (Lipinski definition) is 0. The molecule has 0 unspecified atom stereocenters. The van der Waals surface area contributed by atoms with Crippen LogP contribution in [0.1, 0.15) is 17.0 Å². The number of hydrogen-bond acceptors (Lipinski definition) is 4. The number of nitriles is 1. The number of aromatic nitrogens is 2. The maximum absolute atomic E-state index is 8.80. The van der Waals surface area contributed by atoms with Crippen molar-refractivity contribution in [2.45, 2.75) is 13.5 Å². The Morgan fingerprint density at radius 1 is 1.28 bits per heavy atom. The van der Waals surface area contributed by atoms with E-state index in [1.165, 1.54) is 0 Å². The van der Waals surface area contributed by atoms with Crippen LogP contribution in [0.15, 0.2) is 34.8 Å². The molecule has 0 saturated carbocycles. The molecule has 1 aromatic heterocycles. The van der Waals surface area contributed by atoms with Crippen LogP contribution in [0.3, 0.4) is 0 Å².